The first-order valence-corrected chi connectivity index (χ1v) is 6.53. The average molecular weight is 255 g/mol. The molecule has 0 spiro atoms. The maximum Gasteiger partial charge on any atom is 0.0879 e. The number of benzene rings is 1. The van der Waals surface area contributed by atoms with E-state index < -0.39 is 11.4 Å². The average Bonchev–Trinajstić information content (AvgIpc) is 2.38. The summed E-state index contributed by atoms with van der Waals surface area (Å²) in [5.74, 6) is 0. The molecule has 1 aromatic rings. The van der Waals surface area contributed by atoms with Gasteiger partial charge >= 0.3 is 0 Å². The molecule has 1 fully saturated rings. The van der Waals surface area contributed by atoms with Crippen LogP contribution in [0.1, 0.15) is 5.56 Å². The number of anilines is 1. The van der Waals surface area contributed by atoms with Crippen LogP contribution in [0.5, 0.6) is 0 Å². The molecule has 1 aliphatic heterocycles. The zero-order chi connectivity index (χ0) is 12.1. The maximum atomic E-state index is 10.2. The summed E-state index contributed by atoms with van der Waals surface area (Å²) in [6.07, 6.45) is 0. The van der Waals surface area contributed by atoms with Crippen molar-refractivity contribution >= 4 is 17.0 Å². The molecule has 1 heterocycles. The van der Waals surface area contributed by atoms with Crippen LogP contribution < -0.4 is 10.2 Å². The summed E-state index contributed by atoms with van der Waals surface area (Å²) in [6.45, 7) is 4.10. The molecule has 1 N–H and O–H groups in total. The van der Waals surface area contributed by atoms with E-state index in [0.717, 1.165) is 31.7 Å². The van der Waals surface area contributed by atoms with Gasteiger partial charge in [-0.2, -0.15) is 0 Å². The van der Waals surface area contributed by atoms with Gasteiger partial charge in [-0.05, 0) is 17.7 Å². The van der Waals surface area contributed by atoms with Crippen LogP contribution in [0, 0.1) is 0 Å². The summed E-state index contributed by atoms with van der Waals surface area (Å²) >= 11 is -2.44. The van der Waals surface area contributed by atoms with Crippen LogP contribution in [0.15, 0.2) is 24.3 Å². The lowest BCUT2D eigenvalue weighted by molar-refractivity contribution is 0.291. The van der Waals surface area contributed by atoms with Crippen LogP contribution in [0.3, 0.4) is 0 Å². The molecule has 0 aromatic heterocycles. The number of nitrogens with one attached hydrogen (secondary N) is 1. The van der Waals surface area contributed by atoms with Gasteiger partial charge < -0.3 is 14.8 Å². The maximum absolute atomic E-state index is 10.2. The van der Waals surface area contributed by atoms with Gasteiger partial charge in [0.1, 0.15) is 0 Å². The third-order valence-electron chi connectivity index (χ3n) is 2.74. The molecule has 1 aliphatic rings. The van der Waals surface area contributed by atoms with Gasteiger partial charge in [-0.15, -0.1) is 0 Å². The fourth-order valence-electron chi connectivity index (χ4n) is 1.84. The Hall–Kier alpha value is -0.950. The normalized spacial score (nSPS) is 18.1. The Kier molecular flexibility index (Phi) is 4.49. The highest BCUT2D eigenvalue weighted by Crippen LogP contribution is 2.16. The Morgan fingerprint density at radius 3 is 2.53 bits per heavy atom. The molecular formula is C11H15N2O3S-. The molecule has 6 heteroatoms. The van der Waals surface area contributed by atoms with Crippen LogP contribution in [0.4, 0.5) is 5.69 Å². The Morgan fingerprint density at radius 1 is 1.29 bits per heavy atom. The molecule has 0 bridgehead atoms. The van der Waals surface area contributed by atoms with E-state index >= 15 is 0 Å². The fraction of sp³-hybridized carbons (Fsp3) is 0.455. The largest absolute Gasteiger partial charge is 0.750 e. The van der Waals surface area contributed by atoms with E-state index in [1.165, 1.54) is 5.69 Å². The van der Waals surface area contributed by atoms with E-state index in [0.29, 0.717) is 0 Å². The van der Waals surface area contributed by atoms with Crippen LogP contribution >= 0.6 is 0 Å². The van der Waals surface area contributed by atoms with Crippen molar-refractivity contribution in [3.8, 4) is 0 Å². The Labute approximate surface area is 103 Å². The SMILES string of the molecule is O=S([O-])OCc1ccc(N2CCNCC2)cc1. The molecule has 0 amide bonds. The molecule has 1 atom stereocenters. The van der Waals surface area contributed by atoms with E-state index in [1.807, 2.05) is 24.3 Å². The molecule has 0 radical (unpaired) electrons. The lowest BCUT2D eigenvalue weighted by atomic mass is 10.2. The molecule has 1 saturated heterocycles. The molecule has 1 aromatic carbocycles. The van der Waals surface area contributed by atoms with Gasteiger partial charge in [0.2, 0.25) is 0 Å². The lowest BCUT2D eigenvalue weighted by Crippen LogP contribution is -2.43. The highest BCUT2D eigenvalue weighted by atomic mass is 32.2. The molecule has 5 nitrogen and oxygen atoms in total. The number of hydrogen-bond donors (Lipinski definition) is 1. The lowest BCUT2D eigenvalue weighted by Gasteiger charge is -2.29. The number of rotatable bonds is 4. The first-order valence-electron chi connectivity index (χ1n) is 5.53. The second-order valence-corrected chi connectivity index (χ2v) is 4.51. The molecular weight excluding hydrogens is 240 g/mol. The van der Waals surface area contributed by atoms with Crippen molar-refractivity contribution in [2.45, 2.75) is 6.61 Å². The van der Waals surface area contributed by atoms with Crippen molar-refractivity contribution in [3.63, 3.8) is 0 Å². The minimum atomic E-state index is -2.44. The highest BCUT2D eigenvalue weighted by molar-refractivity contribution is 7.74. The van der Waals surface area contributed by atoms with Gasteiger partial charge in [0.05, 0.1) is 18.0 Å². The number of hydrogen-bond acceptors (Lipinski definition) is 5. The van der Waals surface area contributed by atoms with Crippen LogP contribution in [0.2, 0.25) is 0 Å². The third kappa shape index (κ3) is 3.78. The topological polar surface area (TPSA) is 64.6 Å². The smallest absolute Gasteiger partial charge is 0.0879 e. The summed E-state index contributed by atoms with van der Waals surface area (Å²) in [6, 6.07) is 7.78. The van der Waals surface area contributed by atoms with Crippen molar-refractivity contribution in [2.75, 3.05) is 31.1 Å². The monoisotopic (exact) mass is 255 g/mol. The molecule has 0 saturated carbocycles. The molecule has 1 unspecified atom stereocenters. The molecule has 17 heavy (non-hydrogen) atoms. The predicted molar refractivity (Wildman–Crippen MR) is 65.2 cm³/mol. The van der Waals surface area contributed by atoms with Crippen LogP contribution in [-0.4, -0.2) is 34.9 Å². The fourth-order valence-corrected chi connectivity index (χ4v) is 2.07. The number of piperazine rings is 1. The zero-order valence-electron chi connectivity index (χ0n) is 9.43. The third-order valence-corrected chi connectivity index (χ3v) is 3.05. The summed E-state index contributed by atoms with van der Waals surface area (Å²) in [5, 5.41) is 3.30. The summed E-state index contributed by atoms with van der Waals surface area (Å²) in [7, 11) is 0. The van der Waals surface area contributed by atoms with Gasteiger partial charge in [-0.1, -0.05) is 12.1 Å². The van der Waals surface area contributed by atoms with Crippen molar-refractivity contribution in [1.82, 2.24) is 5.32 Å². The second-order valence-electron chi connectivity index (χ2n) is 3.87. The first-order chi connectivity index (χ1) is 8.25. The van der Waals surface area contributed by atoms with Gasteiger partial charge in [0, 0.05) is 31.9 Å². The van der Waals surface area contributed by atoms with E-state index in [9.17, 15) is 8.76 Å². The molecule has 94 valence electrons. The summed E-state index contributed by atoms with van der Waals surface area (Å²) < 4.78 is 25.0. The van der Waals surface area contributed by atoms with E-state index in [4.69, 9.17) is 0 Å². The Morgan fingerprint density at radius 2 is 1.94 bits per heavy atom. The van der Waals surface area contributed by atoms with Crippen molar-refractivity contribution in [2.24, 2.45) is 0 Å². The first kappa shape index (κ1) is 12.5. The van der Waals surface area contributed by atoms with Crippen molar-refractivity contribution in [3.05, 3.63) is 29.8 Å². The number of nitrogens with zero attached hydrogens (tertiary/aromatic N) is 1. The Bertz CT molecular complexity index is 377. The minimum Gasteiger partial charge on any atom is -0.750 e. The van der Waals surface area contributed by atoms with Crippen LogP contribution in [-0.2, 0) is 22.2 Å². The molecule has 2 rings (SSSR count). The minimum absolute atomic E-state index is 0.0952. The van der Waals surface area contributed by atoms with Gasteiger partial charge in [0.15, 0.2) is 0 Å². The van der Waals surface area contributed by atoms with Crippen molar-refractivity contribution < 1.29 is 12.9 Å². The predicted octanol–water partition coefficient (Wildman–Crippen LogP) is 0.407. The summed E-state index contributed by atoms with van der Waals surface area (Å²) in [5.41, 5.74) is 2.02. The van der Waals surface area contributed by atoms with Gasteiger partial charge in [0.25, 0.3) is 0 Å². The standard InChI is InChI=1S/C11H16N2O3S/c14-17(15)16-9-10-1-3-11(4-2-10)13-7-5-12-6-8-13/h1-4,12H,5-9H2,(H,14,15)/p-1. The second kappa shape index (κ2) is 6.11. The van der Waals surface area contributed by atoms with Crippen molar-refractivity contribution in [1.29, 1.82) is 0 Å². The van der Waals surface area contributed by atoms with E-state index in [-0.39, 0.29) is 6.61 Å². The highest BCUT2D eigenvalue weighted by Gasteiger charge is 2.09. The molecule has 0 aliphatic carbocycles. The van der Waals surface area contributed by atoms with Crippen LogP contribution in [0.25, 0.3) is 0 Å². The zero-order valence-corrected chi connectivity index (χ0v) is 10.2. The van der Waals surface area contributed by atoms with E-state index in [2.05, 4.69) is 14.4 Å². The quantitative estimate of drug-likeness (QED) is 0.789. The summed E-state index contributed by atoms with van der Waals surface area (Å²) in [4.78, 5) is 2.30. The Balaban J connectivity index is 1.94. The van der Waals surface area contributed by atoms with Gasteiger partial charge in [-0.25, -0.2) is 4.21 Å². The van der Waals surface area contributed by atoms with E-state index in [1.54, 1.807) is 0 Å². The van der Waals surface area contributed by atoms with Gasteiger partial charge in [-0.3, -0.25) is 4.18 Å².